The van der Waals surface area contributed by atoms with Crippen LogP contribution in [0.15, 0.2) is 36.5 Å². The number of aliphatic carboxylic acids is 1. The topological polar surface area (TPSA) is 90.8 Å². The molecule has 7 nitrogen and oxygen atoms in total. The Hall–Kier alpha value is -3.14. The molecule has 2 aromatic rings. The lowest BCUT2D eigenvalue weighted by Gasteiger charge is -2.40. The summed E-state index contributed by atoms with van der Waals surface area (Å²) >= 11 is 6.16. The van der Waals surface area contributed by atoms with Crippen molar-refractivity contribution in [3.8, 4) is 0 Å². The van der Waals surface area contributed by atoms with Gasteiger partial charge in [0.15, 0.2) is 0 Å². The molecule has 3 atom stereocenters. The molecular weight excluding hydrogens is 547 g/mol. The Labute approximate surface area is 237 Å². The number of halogens is 4. The molecule has 0 bridgehead atoms. The number of fused-ring (bicyclic) bond motifs is 1. The fraction of sp³-hybridized carbons (Fsp3) is 0.517. The second kappa shape index (κ2) is 13.5. The van der Waals surface area contributed by atoms with Crippen molar-refractivity contribution in [2.75, 3.05) is 6.54 Å². The number of benzene rings is 1. The summed E-state index contributed by atoms with van der Waals surface area (Å²) in [6, 6.07) is 6.71. The third-order valence-corrected chi connectivity index (χ3v) is 7.65. The van der Waals surface area contributed by atoms with E-state index in [2.05, 4.69) is 4.98 Å². The lowest BCUT2D eigenvalue weighted by Crippen LogP contribution is -2.48. The van der Waals surface area contributed by atoms with E-state index in [1.807, 2.05) is 19.1 Å². The van der Waals surface area contributed by atoms with Crippen LogP contribution in [0.3, 0.4) is 0 Å². The Morgan fingerprint density at radius 3 is 2.58 bits per heavy atom. The van der Waals surface area contributed by atoms with Crippen molar-refractivity contribution in [1.82, 2.24) is 14.8 Å². The van der Waals surface area contributed by atoms with E-state index in [0.717, 1.165) is 35.9 Å². The molecule has 0 aliphatic carbocycles. The second-order valence-electron chi connectivity index (χ2n) is 10.4. The van der Waals surface area contributed by atoms with Crippen molar-refractivity contribution in [1.29, 1.82) is 0 Å². The number of carboxylic acid groups (broad SMARTS) is 1. The first kappa shape index (κ1) is 31.4. The predicted molar refractivity (Wildman–Crippen MR) is 145 cm³/mol. The van der Waals surface area contributed by atoms with Gasteiger partial charge in [0, 0.05) is 49.2 Å². The van der Waals surface area contributed by atoms with Gasteiger partial charge in [0.2, 0.25) is 5.91 Å². The van der Waals surface area contributed by atoms with Crippen molar-refractivity contribution in [3.63, 3.8) is 0 Å². The van der Waals surface area contributed by atoms with Crippen LogP contribution < -0.4 is 0 Å². The zero-order valence-corrected chi connectivity index (χ0v) is 23.6. The van der Waals surface area contributed by atoms with Crippen LogP contribution in [-0.2, 0) is 28.7 Å². The molecule has 2 amide bonds. The minimum atomic E-state index is -4.73. The minimum absolute atomic E-state index is 0.0518. The molecule has 0 spiro atoms. The highest BCUT2D eigenvalue weighted by Crippen LogP contribution is 2.33. The minimum Gasteiger partial charge on any atom is -0.481 e. The molecule has 0 saturated carbocycles. The highest BCUT2D eigenvalue weighted by molar-refractivity contribution is 6.30. The van der Waals surface area contributed by atoms with Crippen LogP contribution in [0.4, 0.5) is 13.2 Å². The van der Waals surface area contributed by atoms with Gasteiger partial charge in [-0.3, -0.25) is 19.4 Å². The largest absolute Gasteiger partial charge is 0.481 e. The third kappa shape index (κ3) is 7.74. The lowest BCUT2D eigenvalue weighted by atomic mass is 9.85. The number of carboxylic acids is 1. The molecule has 11 heteroatoms. The summed E-state index contributed by atoms with van der Waals surface area (Å²) in [5.74, 6) is -2.30. The highest BCUT2D eigenvalue weighted by Gasteiger charge is 2.38. The van der Waals surface area contributed by atoms with Gasteiger partial charge >= 0.3 is 12.1 Å². The van der Waals surface area contributed by atoms with E-state index in [9.17, 15) is 32.7 Å². The van der Waals surface area contributed by atoms with Crippen LogP contribution in [0.5, 0.6) is 0 Å². The number of alkyl halides is 3. The van der Waals surface area contributed by atoms with Gasteiger partial charge in [-0.15, -0.1) is 0 Å². The van der Waals surface area contributed by atoms with E-state index < -0.39 is 29.3 Å². The first-order valence-corrected chi connectivity index (χ1v) is 13.8. The smallest absolute Gasteiger partial charge is 0.418 e. The van der Waals surface area contributed by atoms with E-state index in [4.69, 9.17) is 11.6 Å². The van der Waals surface area contributed by atoms with Crippen molar-refractivity contribution < 1.29 is 32.7 Å². The standard InChI is InChI=1S/C29H35ClF3N3O4/c1-4-7-19(3)35(28(40)27-23(29(31,32)33)8-5-12-34-27)13-6-9-25(37)36-17-20-10-11-22(30)15-21(20)16-24(36)18(2)14-26(38)39/h5,8,10-12,15,18-19,24H,4,6-7,9,13-14,16-17H2,1-3H3,(H,38,39)/t18?,19-,24+/m0/s1. The number of aromatic nitrogens is 1. The van der Waals surface area contributed by atoms with Crippen LogP contribution in [-0.4, -0.2) is 56.3 Å². The van der Waals surface area contributed by atoms with Gasteiger partial charge < -0.3 is 14.9 Å². The molecule has 0 saturated heterocycles. The van der Waals surface area contributed by atoms with Gasteiger partial charge in [0.05, 0.1) is 5.56 Å². The van der Waals surface area contributed by atoms with E-state index >= 15 is 0 Å². The second-order valence-corrected chi connectivity index (χ2v) is 10.9. The summed E-state index contributed by atoms with van der Waals surface area (Å²) in [5.41, 5.74) is 0.157. The number of carbonyl (C=O) groups excluding carboxylic acids is 2. The summed E-state index contributed by atoms with van der Waals surface area (Å²) in [5, 5.41) is 9.92. The van der Waals surface area contributed by atoms with Crippen LogP contribution >= 0.6 is 11.6 Å². The molecule has 1 aromatic carbocycles. The average molecular weight is 582 g/mol. The van der Waals surface area contributed by atoms with Gasteiger partial charge in [-0.1, -0.05) is 37.9 Å². The molecule has 218 valence electrons. The van der Waals surface area contributed by atoms with Crippen LogP contribution in [0, 0.1) is 5.92 Å². The molecule has 0 fully saturated rings. The van der Waals surface area contributed by atoms with Gasteiger partial charge in [-0.25, -0.2) is 0 Å². The predicted octanol–water partition coefficient (Wildman–Crippen LogP) is 6.23. The summed E-state index contributed by atoms with van der Waals surface area (Å²) in [7, 11) is 0. The van der Waals surface area contributed by atoms with Gasteiger partial charge in [0.1, 0.15) is 5.69 Å². The van der Waals surface area contributed by atoms with Gasteiger partial charge in [-0.2, -0.15) is 13.2 Å². The highest BCUT2D eigenvalue weighted by atomic mass is 35.5. The SMILES string of the molecule is CCC[C@H](C)N(CCCC(=O)N1Cc2ccc(Cl)cc2C[C@@H]1C(C)CC(=O)O)C(=O)c1ncccc1C(F)(F)F. The van der Waals surface area contributed by atoms with Crippen LogP contribution in [0.1, 0.15) is 80.1 Å². The molecule has 1 unspecified atom stereocenters. The van der Waals surface area contributed by atoms with Gasteiger partial charge in [-0.05, 0) is 67.5 Å². The summed E-state index contributed by atoms with van der Waals surface area (Å²) < 4.78 is 40.8. The first-order chi connectivity index (χ1) is 18.8. The molecule has 40 heavy (non-hydrogen) atoms. The zero-order chi connectivity index (χ0) is 29.6. The molecule has 1 aromatic heterocycles. The Kier molecular flexibility index (Phi) is 10.6. The fourth-order valence-corrected chi connectivity index (χ4v) is 5.54. The molecule has 3 rings (SSSR count). The van der Waals surface area contributed by atoms with Crippen molar-refractivity contribution >= 4 is 29.4 Å². The molecule has 1 aliphatic heterocycles. The Morgan fingerprint density at radius 1 is 1.20 bits per heavy atom. The quantitative estimate of drug-likeness (QED) is 0.340. The normalized spacial score (nSPS) is 16.7. The van der Waals surface area contributed by atoms with Crippen molar-refractivity contribution in [3.05, 3.63) is 63.9 Å². The van der Waals surface area contributed by atoms with E-state index in [-0.39, 0.29) is 49.7 Å². The molecule has 0 radical (unpaired) electrons. The Bertz CT molecular complexity index is 1220. The maximum absolute atomic E-state index is 13.6. The average Bonchev–Trinajstić information content (AvgIpc) is 2.89. The number of hydrogen-bond donors (Lipinski definition) is 1. The summed E-state index contributed by atoms with van der Waals surface area (Å²) in [6.07, 6.45) is -1.62. The monoisotopic (exact) mass is 581 g/mol. The maximum atomic E-state index is 13.6. The lowest BCUT2D eigenvalue weighted by molar-refractivity contribution is -0.142. The Balaban J connectivity index is 1.78. The summed E-state index contributed by atoms with van der Waals surface area (Å²) in [6.45, 7) is 5.87. The zero-order valence-electron chi connectivity index (χ0n) is 22.9. The summed E-state index contributed by atoms with van der Waals surface area (Å²) in [4.78, 5) is 45.0. The number of rotatable bonds is 11. The van der Waals surface area contributed by atoms with E-state index in [1.54, 1.807) is 24.8 Å². The molecular formula is C29H35ClF3N3O4. The van der Waals surface area contributed by atoms with E-state index in [0.29, 0.717) is 24.4 Å². The number of amides is 2. The van der Waals surface area contributed by atoms with Crippen LogP contribution in [0.2, 0.25) is 5.02 Å². The fourth-order valence-electron chi connectivity index (χ4n) is 5.35. The maximum Gasteiger partial charge on any atom is 0.418 e. The van der Waals surface area contributed by atoms with Gasteiger partial charge in [0.25, 0.3) is 5.91 Å². The van der Waals surface area contributed by atoms with Crippen molar-refractivity contribution in [2.45, 2.75) is 84.1 Å². The van der Waals surface area contributed by atoms with E-state index in [1.165, 1.54) is 4.90 Å². The molecule has 1 aliphatic rings. The van der Waals surface area contributed by atoms with Crippen LogP contribution in [0.25, 0.3) is 0 Å². The number of carbonyl (C=O) groups is 3. The Morgan fingerprint density at radius 2 is 1.93 bits per heavy atom. The molecule has 1 N–H and O–H groups in total. The first-order valence-electron chi connectivity index (χ1n) is 13.4. The number of hydrogen-bond acceptors (Lipinski definition) is 4. The third-order valence-electron chi connectivity index (χ3n) is 7.42. The number of nitrogens with zero attached hydrogens (tertiary/aromatic N) is 3. The number of pyridine rings is 1. The van der Waals surface area contributed by atoms with Crippen molar-refractivity contribution in [2.24, 2.45) is 5.92 Å². The molecule has 2 heterocycles.